The van der Waals surface area contributed by atoms with Gasteiger partial charge in [0.2, 0.25) is 5.88 Å². The molecule has 0 aliphatic carbocycles. The summed E-state index contributed by atoms with van der Waals surface area (Å²) in [5, 5.41) is 3.94. The van der Waals surface area contributed by atoms with Gasteiger partial charge in [0.05, 0.1) is 0 Å². The molecule has 6 heteroatoms. The number of nitrogens with one attached hydrogen (secondary N) is 1. The number of anilines is 1. The van der Waals surface area contributed by atoms with Crippen LogP contribution in [0.4, 0.5) is 5.82 Å². The predicted molar refractivity (Wildman–Crippen MR) is 86.8 cm³/mol. The second kappa shape index (κ2) is 7.50. The van der Waals surface area contributed by atoms with Crippen molar-refractivity contribution >= 4 is 33.5 Å². The molecule has 1 N–H and O–H groups in total. The van der Waals surface area contributed by atoms with Crippen molar-refractivity contribution in [2.24, 2.45) is 0 Å². The number of rotatable bonds is 6. The number of benzene rings is 1. The Labute approximate surface area is 131 Å². The van der Waals surface area contributed by atoms with Crippen LogP contribution in [-0.4, -0.2) is 22.8 Å². The van der Waals surface area contributed by atoms with Gasteiger partial charge in [-0.1, -0.05) is 40.7 Å². The van der Waals surface area contributed by atoms with E-state index >= 15 is 0 Å². The van der Waals surface area contributed by atoms with Gasteiger partial charge < -0.3 is 10.1 Å². The van der Waals surface area contributed by atoms with Crippen molar-refractivity contribution in [2.75, 3.05) is 18.1 Å². The molecular weight excluding hydrogens is 338 g/mol. The van der Waals surface area contributed by atoms with E-state index in [0.717, 1.165) is 29.0 Å². The third-order valence-electron chi connectivity index (χ3n) is 2.44. The summed E-state index contributed by atoms with van der Waals surface area (Å²) in [4.78, 5) is 8.76. The Balaban J connectivity index is 2.21. The number of ether oxygens (including phenoxy) is 1. The molecule has 0 atom stereocenters. The van der Waals surface area contributed by atoms with Crippen LogP contribution in [-0.2, 0) is 0 Å². The van der Waals surface area contributed by atoms with E-state index < -0.39 is 0 Å². The summed E-state index contributed by atoms with van der Waals surface area (Å²) in [6.07, 6.45) is 2.99. The highest BCUT2D eigenvalue weighted by molar-refractivity contribution is 9.10. The van der Waals surface area contributed by atoms with E-state index in [2.05, 4.69) is 38.1 Å². The molecule has 0 aliphatic heterocycles. The summed E-state index contributed by atoms with van der Waals surface area (Å²) in [7, 11) is 0. The van der Waals surface area contributed by atoms with Gasteiger partial charge in [-0.05, 0) is 30.9 Å². The minimum Gasteiger partial charge on any atom is -0.439 e. The van der Waals surface area contributed by atoms with Gasteiger partial charge in [-0.3, -0.25) is 0 Å². The maximum atomic E-state index is 5.79. The van der Waals surface area contributed by atoms with E-state index in [1.54, 1.807) is 0 Å². The van der Waals surface area contributed by atoms with Gasteiger partial charge in [0.1, 0.15) is 11.6 Å². The Morgan fingerprint density at radius 3 is 2.85 bits per heavy atom. The topological polar surface area (TPSA) is 47.0 Å². The van der Waals surface area contributed by atoms with Crippen LogP contribution < -0.4 is 10.1 Å². The molecule has 0 aliphatic rings. The van der Waals surface area contributed by atoms with Crippen molar-refractivity contribution in [3.63, 3.8) is 0 Å². The van der Waals surface area contributed by atoms with Gasteiger partial charge in [-0.2, -0.15) is 4.98 Å². The highest BCUT2D eigenvalue weighted by Crippen LogP contribution is 2.26. The molecule has 0 radical (unpaired) electrons. The fraction of sp³-hybridized carbons (Fsp3) is 0.286. The molecule has 1 aromatic carbocycles. The van der Waals surface area contributed by atoms with Crippen LogP contribution >= 0.6 is 27.7 Å². The Hall–Kier alpha value is -1.27. The van der Waals surface area contributed by atoms with Crippen LogP contribution in [0.25, 0.3) is 0 Å². The highest BCUT2D eigenvalue weighted by Gasteiger charge is 2.06. The molecule has 4 nitrogen and oxygen atoms in total. The first-order chi connectivity index (χ1) is 9.71. The predicted octanol–water partition coefficient (Wildman–Crippen LogP) is 4.58. The summed E-state index contributed by atoms with van der Waals surface area (Å²) in [5.41, 5.74) is 0. The molecule has 0 amide bonds. The van der Waals surface area contributed by atoms with Crippen LogP contribution in [0.5, 0.6) is 11.6 Å². The summed E-state index contributed by atoms with van der Waals surface area (Å²) in [6.45, 7) is 2.99. The van der Waals surface area contributed by atoms with E-state index in [9.17, 15) is 0 Å². The summed E-state index contributed by atoms with van der Waals surface area (Å²) < 4.78 is 6.76. The molecule has 0 unspecified atom stereocenters. The number of thioether (sulfide) groups is 1. The van der Waals surface area contributed by atoms with E-state index in [1.165, 1.54) is 11.8 Å². The van der Waals surface area contributed by atoms with Gasteiger partial charge in [-0.25, -0.2) is 4.98 Å². The van der Waals surface area contributed by atoms with Crippen molar-refractivity contribution in [1.29, 1.82) is 0 Å². The van der Waals surface area contributed by atoms with E-state index in [0.29, 0.717) is 11.0 Å². The van der Waals surface area contributed by atoms with E-state index in [-0.39, 0.29) is 0 Å². The monoisotopic (exact) mass is 353 g/mol. The third-order valence-corrected chi connectivity index (χ3v) is 3.48. The fourth-order valence-electron chi connectivity index (χ4n) is 1.54. The standard InChI is InChI=1S/C14H16BrN3OS/c1-3-7-16-12-9-13(18-14(17-12)20-2)19-11-6-4-5-10(15)8-11/h4-6,8-9H,3,7H2,1-2H3,(H,16,17,18). The lowest BCUT2D eigenvalue weighted by atomic mass is 10.3. The zero-order valence-corrected chi connectivity index (χ0v) is 13.8. The normalized spacial score (nSPS) is 10.3. The van der Waals surface area contributed by atoms with Crippen LogP contribution in [0.15, 0.2) is 40.0 Å². The average Bonchev–Trinajstić information content (AvgIpc) is 2.45. The second-order valence-electron chi connectivity index (χ2n) is 4.06. The van der Waals surface area contributed by atoms with Gasteiger partial charge in [-0.15, -0.1) is 0 Å². The van der Waals surface area contributed by atoms with Crippen molar-refractivity contribution in [1.82, 2.24) is 9.97 Å². The summed E-state index contributed by atoms with van der Waals surface area (Å²) >= 11 is 4.92. The molecule has 0 spiro atoms. The molecule has 0 bridgehead atoms. The van der Waals surface area contributed by atoms with E-state index in [1.807, 2.05) is 36.6 Å². The fourth-order valence-corrected chi connectivity index (χ4v) is 2.29. The molecule has 20 heavy (non-hydrogen) atoms. The van der Waals surface area contributed by atoms with E-state index in [4.69, 9.17) is 4.74 Å². The Morgan fingerprint density at radius 1 is 1.30 bits per heavy atom. The number of aromatic nitrogens is 2. The Bertz CT molecular complexity index is 580. The smallest absolute Gasteiger partial charge is 0.225 e. The maximum Gasteiger partial charge on any atom is 0.225 e. The third kappa shape index (κ3) is 4.38. The zero-order valence-electron chi connectivity index (χ0n) is 11.4. The minimum absolute atomic E-state index is 0.543. The van der Waals surface area contributed by atoms with Crippen molar-refractivity contribution in [3.05, 3.63) is 34.8 Å². The molecule has 1 aromatic heterocycles. The number of nitrogens with zero attached hydrogens (tertiary/aromatic N) is 2. The number of halogens is 1. The Morgan fingerprint density at radius 2 is 2.15 bits per heavy atom. The van der Waals surface area contributed by atoms with Crippen molar-refractivity contribution in [3.8, 4) is 11.6 Å². The summed E-state index contributed by atoms with van der Waals surface area (Å²) in [6, 6.07) is 9.49. The highest BCUT2D eigenvalue weighted by atomic mass is 79.9. The first kappa shape index (κ1) is 15.1. The lowest BCUT2D eigenvalue weighted by molar-refractivity contribution is 0.456. The quantitative estimate of drug-likeness (QED) is 0.608. The number of hydrogen-bond donors (Lipinski definition) is 1. The van der Waals surface area contributed by atoms with Gasteiger partial charge in [0, 0.05) is 17.1 Å². The van der Waals surface area contributed by atoms with Crippen LogP contribution in [0.2, 0.25) is 0 Å². The zero-order chi connectivity index (χ0) is 14.4. The van der Waals surface area contributed by atoms with Crippen LogP contribution in [0.3, 0.4) is 0 Å². The lowest BCUT2D eigenvalue weighted by Gasteiger charge is -2.09. The Kier molecular flexibility index (Phi) is 5.67. The second-order valence-corrected chi connectivity index (χ2v) is 5.75. The molecule has 0 fully saturated rings. The van der Waals surface area contributed by atoms with Gasteiger partial charge >= 0.3 is 0 Å². The first-order valence-electron chi connectivity index (χ1n) is 6.31. The largest absolute Gasteiger partial charge is 0.439 e. The molecular formula is C14H16BrN3OS. The van der Waals surface area contributed by atoms with Gasteiger partial charge in [0.25, 0.3) is 0 Å². The molecule has 0 saturated carbocycles. The number of hydrogen-bond acceptors (Lipinski definition) is 5. The van der Waals surface area contributed by atoms with Crippen molar-refractivity contribution < 1.29 is 4.74 Å². The van der Waals surface area contributed by atoms with Crippen LogP contribution in [0, 0.1) is 0 Å². The minimum atomic E-state index is 0.543. The average molecular weight is 354 g/mol. The van der Waals surface area contributed by atoms with Gasteiger partial charge in [0.15, 0.2) is 5.16 Å². The molecule has 2 rings (SSSR count). The molecule has 106 valence electrons. The lowest BCUT2D eigenvalue weighted by Crippen LogP contribution is -2.04. The van der Waals surface area contributed by atoms with Crippen molar-refractivity contribution in [2.45, 2.75) is 18.5 Å². The molecule has 2 aromatic rings. The first-order valence-corrected chi connectivity index (χ1v) is 8.33. The summed E-state index contributed by atoms with van der Waals surface area (Å²) in [5.74, 6) is 2.07. The molecule has 0 saturated heterocycles. The van der Waals surface area contributed by atoms with Crippen LogP contribution in [0.1, 0.15) is 13.3 Å². The molecule has 1 heterocycles. The SMILES string of the molecule is CCCNc1cc(Oc2cccc(Br)c2)nc(SC)n1. The maximum absolute atomic E-state index is 5.79.